The smallest absolute Gasteiger partial charge is 0.295 e. The van der Waals surface area contributed by atoms with Crippen LogP contribution in [0.5, 0.6) is 0 Å². The van der Waals surface area contributed by atoms with Gasteiger partial charge in [-0.25, -0.2) is 0 Å². The Morgan fingerprint density at radius 2 is 1.88 bits per heavy atom. The van der Waals surface area contributed by atoms with E-state index in [9.17, 15) is 18.0 Å². The fourth-order valence-electron chi connectivity index (χ4n) is 1.39. The number of Topliss-reactive ketones (excluding diaryl/α,β-unsaturated/α-hetero) is 2. The molecule has 0 fully saturated rings. The van der Waals surface area contributed by atoms with Crippen molar-refractivity contribution in [3.05, 3.63) is 29.3 Å². The van der Waals surface area contributed by atoms with E-state index >= 15 is 0 Å². The van der Waals surface area contributed by atoms with Gasteiger partial charge in [0.05, 0.1) is 6.42 Å². The maximum absolute atomic E-state index is 11.6. The molecule has 0 aliphatic carbocycles. The van der Waals surface area contributed by atoms with Gasteiger partial charge in [-0.2, -0.15) is 8.42 Å². The van der Waals surface area contributed by atoms with Crippen molar-refractivity contribution in [2.45, 2.75) is 25.2 Å². The van der Waals surface area contributed by atoms with Gasteiger partial charge in [0.25, 0.3) is 10.1 Å². The van der Waals surface area contributed by atoms with Crippen molar-refractivity contribution in [1.29, 1.82) is 0 Å². The monoisotopic (exact) mass is 256 g/mol. The lowest BCUT2D eigenvalue weighted by atomic mass is 10.0. The lowest BCUT2D eigenvalue weighted by molar-refractivity contribution is -0.116. The third-order valence-corrected chi connectivity index (χ3v) is 3.02. The van der Waals surface area contributed by atoms with Gasteiger partial charge in [0, 0.05) is 5.56 Å². The van der Waals surface area contributed by atoms with Crippen molar-refractivity contribution in [3.8, 4) is 0 Å². The van der Waals surface area contributed by atoms with Gasteiger partial charge in [-0.15, -0.1) is 0 Å². The minimum absolute atomic E-state index is 0.159. The van der Waals surface area contributed by atoms with E-state index in [2.05, 4.69) is 0 Å². The highest BCUT2D eigenvalue weighted by atomic mass is 32.2. The van der Waals surface area contributed by atoms with Crippen LogP contribution in [0.2, 0.25) is 0 Å². The topological polar surface area (TPSA) is 88.5 Å². The van der Waals surface area contributed by atoms with Crippen LogP contribution >= 0.6 is 0 Å². The number of aryl methyl sites for hydroxylation is 1. The molecule has 92 valence electrons. The molecular formula is C11H12O5S. The van der Waals surface area contributed by atoms with E-state index in [-0.39, 0.29) is 17.8 Å². The molecule has 0 heterocycles. The van der Waals surface area contributed by atoms with Gasteiger partial charge in [0.1, 0.15) is 10.7 Å². The van der Waals surface area contributed by atoms with Crippen LogP contribution in [-0.2, 0) is 14.9 Å². The normalized spacial score (nSPS) is 11.2. The summed E-state index contributed by atoms with van der Waals surface area (Å²) in [5, 5.41) is 0. The number of benzene rings is 1. The van der Waals surface area contributed by atoms with Gasteiger partial charge < -0.3 is 0 Å². The second kappa shape index (κ2) is 4.77. The minimum atomic E-state index is -4.47. The number of hydrogen-bond acceptors (Lipinski definition) is 4. The van der Waals surface area contributed by atoms with E-state index in [1.54, 1.807) is 13.0 Å². The Labute approximate surface area is 99.2 Å². The van der Waals surface area contributed by atoms with E-state index < -0.39 is 20.8 Å². The minimum Gasteiger partial charge on any atom is -0.300 e. The quantitative estimate of drug-likeness (QED) is 0.499. The molecule has 5 nitrogen and oxygen atoms in total. The molecule has 0 aromatic heterocycles. The Balaban J connectivity index is 3.34. The van der Waals surface area contributed by atoms with E-state index in [1.807, 2.05) is 0 Å². The summed E-state index contributed by atoms with van der Waals surface area (Å²) in [5.41, 5.74) is 0.435. The average molecular weight is 256 g/mol. The zero-order chi connectivity index (χ0) is 13.2. The van der Waals surface area contributed by atoms with Crippen molar-refractivity contribution >= 4 is 21.7 Å². The molecule has 0 saturated carbocycles. The summed E-state index contributed by atoms with van der Waals surface area (Å²) in [6.07, 6.45) is -0.383. The third-order valence-electron chi connectivity index (χ3n) is 2.12. The Kier molecular flexibility index (Phi) is 3.79. The lowest BCUT2D eigenvalue weighted by Crippen LogP contribution is -2.11. The lowest BCUT2D eigenvalue weighted by Gasteiger charge is -2.06. The molecule has 0 aliphatic heterocycles. The van der Waals surface area contributed by atoms with Crippen molar-refractivity contribution in [2.24, 2.45) is 0 Å². The average Bonchev–Trinajstić information content (AvgIpc) is 2.14. The highest BCUT2D eigenvalue weighted by Gasteiger charge is 2.21. The van der Waals surface area contributed by atoms with Gasteiger partial charge >= 0.3 is 0 Å². The predicted octanol–water partition coefficient (Wildman–Crippen LogP) is 1.40. The molecule has 0 amide bonds. The molecule has 1 aromatic rings. The first-order chi connectivity index (χ1) is 7.71. The fraction of sp³-hybridized carbons (Fsp3) is 0.273. The molecular weight excluding hydrogens is 244 g/mol. The second-order valence-corrected chi connectivity index (χ2v) is 5.17. The van der Waals surface area contributed by atoms with Crippen LogP contribution in [0.1, 0.15) is 29.3 Å². The molecule has 1 aromatic carbocycles. The van der Waals surface area contributed by atoms with Gasteiger partial charge in [0.2, 0.25) is 0 Å². The Hall–Kier alpha value is -1.53. The molecule has 0 spiro atoms. The zero-order valence-corrected chi connectivity index (χ0v) is 10.2. The van der Waals surface area contributed by atoms with Gasteiger partial charge in [-0.1, -0.05) is 6.07 Å². The molecule has 0 radical (unpaired) electrons. The summed E-state index contributed by atoms with van der Waals surface area (Å²) in [6.45, 7) is 2.87. The molecule has 17 heavy (non-hydrogen) atoms. The molecule has 0 bridgehead atoms. The zero-order valence-electron chi connectivity index (χ0n) is 9.43. The molecule has 0 saturated heterocycles. The van der Waals surface area contributed by atoms with Gasteiger partial charge in [-0.05, 0) is 31.5 Å². The number of carbonyl (C=O) groups excluding carboxylic acids is 2. The summed E-state index contributed by atoms with van der Waals surface area (Å²) in [6, 6.07) is 4.04. The first-order valence-electron chi connectivity index (χ1n) is 4.82. The highest BCUT2D eigenvalue weighted by molar-refractivity contribution is 7.86. The number of hydrogen-bond donors (Lipinski definition) is 1. The van der Waals surface area contributed by atoms with E-state index in [0.717, 1.165) is 0 Å². The van der Waals surface area contributed by atoms with Gasteiger partial charge in [0.15, 0.2) is 5.78 Å². The Morgan fingerprint density at radius 1 is 1.29 bits per heavy atom. The first kappa shape index (κ1) is 13.5. The maximum Gasteiger partial charge on any atom is 0.295 e. The molecule has 1 rings (SSSR count). The Morgan fingerprint density at radius 3 is 2.35 bits per heavy atom. The fourth-order valence-corrected chi connectivity index (χ4v) is 2.19. The van der Waals surface area contributed by atoms with Crippen LogP contribution < -0.4 is 0 Å². The van der Waals surface area contributed by atoms with Gasteiger partial charge in [-0.3, -0.25) is 14.1 Å². The highest BCUT2D eigenvalue weighted by Crippen LogP contribution is 2.19. The van der Waals surface area contributed by atoms with Crippen molar-refractivity contribution in [1.82, 2.24) is 0 Å². The number of ketones is 2. The van der Waals surface area contributed by atoms with Crippen LogP contribution in [-0.4, -0.2) is 24.5 Å². The summed E-state index contributed by atoms with van der Waals surface area (Å²) < 4.78 is 31.2. The summed E-state index contributed by atoms with van der Waals surface area (Å²) in [7, 11) is -4.47. The second-order valence-electron chi connectivity index (χ2n) is 3.78. The maximum atomic E-state index is 11.6. The molecule has 0 aliphatic rings. The standard InChI is InChI=1S/C11H12O5S/c1-7-3-4-9(10(13)6-8(2)12)11(5-7)17(14,15)16/h3-5H,6H2,1-2H3,(H,14,15,16). The van der Waals surface area contributed by atoms with Crippen molar-refractivity contribution in [2.75, 3.05) is 0 Å². The Bertz CT molecular complexity index is 572. The van der Waals surface area contributed by atoms with Crippen molar-refractivity contribution in [3.63, 3.8) is 0 Å². The van der Waals surface area contributed by atoms with E-state index in [4.69, 9.17) is 4.55 Å². The van der Waals surface area contributed by atoms with E-state index in [1.165, 1.54) is 19.1 Å². The molecule has 0 unspecified atom stereocenters. The van der Waals surface area contributed by atoms with Crippen LogP contribution in [0.4, 0.5) is 0 Å². The van der Waals surface area contributed by atoms with Crippen molar-refractivity contribution < 1.29 is 22.6 Å². The number of rotatable bonds is 4. The summed E-state index contributed by atoms with van der Waals surface area (Å²) in [4.78, 5) is 22.0. The molecule has 0 atom stereocenters. The van der Waals surface area contributed by atoms with Crippen LogP contribution in [0.15, 0.2) is 23.1 Å². The first-order valence-corrected chi connectivity index (χ1v) is 6.26. The predicted molar refractivity (Wildman–Crippen MR) is 60.6 cm³/mol. The number of carbonyl (C=O) groups is 2. The van der Waals surface area contributed by atoms with Crippen LogP contribution in [0.25, 0.3) is 0 Å². The van der Waals surface area contributed by atoms with E-state index in [0.29, 0.717) is 5.56 Å². The molecule has 6 heteroatoms. The van der Waals surface area contributed by atoms with Crippen LogP contribution in [0.3, 0.4) is 0 Å². The largest absolute Gasteiger partial charge is 0.300 e. The van der Waals surface area contributed by atoms with Crippen LogP contribution in [0, 0.1) is 6.92 Å². The summed E-state index contributed by atoms with van der Waals surface area (Å²) in [5.74, 6) is -0.984. The SMILES string of the molecule is CC(=O)CC(=O)c1ccc(C)cc1S(=O)(=O)O. The summed E-state index contributed by atoms with van der Waals surface area (Å²) >= 11 is 0. The molecule has 1 N–H and O–H groups in total. The third kappa shape index (κ3) is 3.47.